The molecule has 1 N–H and O–H groups in total. The van der Waals surface area contributed by atoms with E-state index in [2.05, 4.69) is 20.3 Å². The fourth-order valence-electron chi connectivity index (χ4n) is 2.78. The van der Waals surface area contributed by atoms with Crippen LogP contribution < -0.4 is 5.32 Å². The average molecular weight is 412 g/mol. The first-order valence-electron chi connectivity index (χ1n) is 8.38. The normalized spacial score (nSPS) is 10.9. The summed E-state index contributed by atoms with van der Waals surface area (Å²) < 4.78 is 0. The van der Waals surface area contributed by atoms with Crippen LogP contribution in [-0.2, 0) is 6.54 Å². The molecule has 0 spiro atoms. The van der Waals surface area contributed by atoms with Crippen molar-refractivity contribution >= 4 is 44.7 Å². The number of benzene rings is 1. The first kappa shape index (κ1) is 18.3. The van der Waals surface area contributed by atoms with Crippen LogP contribution in [0.25, 0.3) is 21.7 Å². The predicted molar refractivity (Wildman–Crippen MR) is 111 cm³/mol. The molecule has 0 saturated heterocycles. The number of thiophene rings is 1. The number of fused-ring (bicyclic) bond motifs is 1. The Labute approximate surface area is 169 Å². The molecule has 140 valence electrons. The monoisotopic (exact) mass is 411 g/mol. The minimum Gasteiger partial charge on any atom is -0.365 e. The second kappa shape index (κ2) is 7.49. The Kier molecular flexibility index (Phi) is 4.89. The van der Waals surface area contributed by atoms with Crippen LogP contribution in [0.5, 0.6) is 0 Å². The molecule has 0 aliphatic carbocycles. The van der Waals surface area contributed by atoms with Gasteiger partial charge < -0.3 is 5.32 Å². The van der Waals surface area contributed by atoms with Gasteiger partial charge in [0.15, 0.2) is 5.82 Å². The summed E-state index contributed by atoms with van der Waals surface area (Å²) in [4.78, 5) is 25.8. The number of nitro groups is 1. The number of hydrogen-bond donors (Lipinski definition) is 1. The fraction of sp³-hybridized carbons (Fsp3) is 0.105. The maximum Gasteiger partial charge on any atom is 0.269 e. The number of aromatic nitrogens is 3. The topological polar surface area (TPSA) is 93.8 Å². The van der Waals surface area contributed by atoms with Crippen molar-refractivity contribution in [1.82, 2.24) is 15.0 Å². The highest BCUT2D eigenvalue weighted by Crippen LogP contribution is 2.38. The SMILES string of the molecule is Cc1sc2nc(-c3ccccn3)nc(NCc3cccc([N+](=O)[O-])c3)c2c1Cl. The molecule has 0 aliphatic heterocycles. The third-order valence-corrected chi connectivity index (χ3v) is 5.71. The Morgan fingerprint density at radius 3 is 2.82 bits per heavy atom. The summed E-state index contributed by atoms with van der Waals surface area (Å²) in [6.45, 7) is 2.29. The molecule has 3 aromatic heterocycles. The van der Waals surface area contributed by atoms with Crippen molar-refractivity contribution in [1.29, 1.82) is 0 Å². The third kappa shape index (κ3) is 3.51. The molecule has 0 aliphatic rings. The van der Waals surface area contributed by atoms with Crippen molar-refractivity contribution < 1.29 is 4.92 Å². The molecule has 0 saturated carbocycles. The van der Waals surface area contributed by atoms with Crippen LogP contribution in [0.15, 0.2) is 48.7 Å². The van der Waals surface area contributed by atoms with Crippen LogP contribution in [0, 0.1) is 17.0 Å². The third-order valence-electron chi connectivity index (χ3n) is 4.13. The molecule has 0 bridgehead atoms. The van der Waals surface area contributed by atoms with Gasteiger partial charge in [-0.15, -0.1) is 11.3 Å². The van der Waals surface area contributed by atoms with Crippen molar-refractivity contribution in [2.45, 2.75) is 13.5 Å². The molecule has 0 amide bonds. The molecule has 4 aromatic rings. The van der Waals surface area contributed by atoms with E-state index in [4.69, 9.17) is 11.6 Å². The summed E-state index contributed by atoms with van der Waals surface area (Å²) in [5, 5.41) is 15.6. The lowest BCUT2D eigenvalue weighted by atomic mass is 10.2. The molecule has 0 radical (unpaired) electrons. The molecule has 4 rings (SSSR count). The summed E-state index contributed by atoms with van der Waals surface area (Å²) in [5.41, 5.74) is 1.47. The highest BCUT2D eigenvalue weighted by Gasteiger charge is 2.17. The molecule has 3 heterocycles. The van der Waals surface area contributed by atoms with Gasteiger partial charge in [0.25, 0.3) is 5.69 Å². The average Bonchev–Trinajstić information content (AvgIpc) is 3.01. The number of nitrogens with zero attached hydrogens (tertiary/aromatic N) is 4. The van der Waals surface area contributed by atoms with Gasteiger partial charge >= 0.3 is 0 Å². The number of pyridine rings is 1. The lowest BCUT2D eigenvalue weighted by molar-refractivity contribution is -0.384. The van der Waals surface area contributed by atoms with E-state index in [1.807, 2.05) is 31.2 Å². The van der Waals surface area contributed by atoms with Crippen molar-refractivity contribution in [2.24, 2.45) is 0 Å². The van der Waals surface area contributed by atoms with Gasteiger partial charge in [0, 0.05) is 29.8 Å². The number of rotatable bonds is 5. The van der Waals surface area contributed by atoms with E-state index in [0.717, 1.165) is 20.7 Å². The molecule has 0 unspecified atom stereocenters. The van der Waals surface area contributed by atoms with Crippen molar-refractivity contribution in [3.63, 3.8) is 0 Å². The van der Waals surface area contributed by atoms with Crippen LogP contribution in [0.4, 0.5) is 11.5 Å². The summed E-state index contributed by atoms with van der Waals surface area (Å²) in [5.74, 6) is 1.07. The number of aryl methyl sites for hydroxylation is 1. The number of hydrogen-bond acceptors (Lipinski definition) is 7. The minimum absolute atomic E-state index is 0.0470. The van der Waals surface area contributed by atoms with Crippen molar-refractivity contribution in [3.05, 3.63) is 74.2 Å². The van der Waals surface area contributed by atoms with Gasteiger partial charge in [-0.2, -0.15) is 0 Å². The minimum atomic E-state index is -0.412. The van der Waals surface area contributed by atoms with Gasteiger partial charge in [-0.05, 0) is 24.6 Å². The zero-order chi connectivity index (χ0) is 19.7. The molecule has 7 nitrogen and oxygen atoms in total. The summed E-state index contributed by atoms with van der Waals surface area (Å²) in [7, 11) is 0. The van der Waals surface area contributed by atoms with E-state index >= 15 is 0 Å². The Morgan fingerprint density at radius 1 is 1.21 bits per heavy atom. The van der Waals surface area contributed by atoms with Crippen molar-refractivity contribution in [2.75, 3.05) is 5.32 Å². The van der Waals surface area contributed by atoms with E-state index in [-0.39, 0.29) is 5.69 Å². The molecule has 9 heteroatoms. The van der Waals surface area contributed by atoms with Gasteiger partial charge in [0.1, 0.15) is 16.3 Å². The second-order valence-electron chi connectivity index (χ2n) is 6.04. The number of halogens is 1. The predicted octanol–water partition coefficient (Wildman–Crippen LogP) is 5.24. The molecular weight excluding hydrogens is 398 g/mol. The van der Waals surface area contributed by atoms with E-state index in [0.29, 0.717) is 28.9 Å². The lowest BCUT2D eigenvalue weighted by Gasteiger charge is -2.09. The van der Waals surface area contributed by atoms with Gasteiger partial charge in [-0.25, -0.2) is 9.97 Å². The van der Waals surface area contributed by atoms with Crippen LogP contribution in [0.1, 0.15) is 10.4 Å². The standard InChI is InChI=1S/C19H14ClN5O2S/c1-11-16(20)15-18(22-10-12-5-4-6-13(9-12)25(26)27)23-17(24-19(15)28-11)14-7-2-3-8-21-14/h2-9H,10H2,1H3,(H,22,23,24). The zero-order valence-electron chi connectivity index (χ0n) is 14.7. The quantitative estimate of drug-likeness (QED) is 0.356. The van der Waals surface area contributed by atoms with E-state index in [1.165, 1.54) is 23.5 Å². The summed E-state index contributed by atoms with van der Waals surface area (Å²) >= 11 is 7.97. The van der Waals surface area contributed by atoms with Gasteiger partial charge in [-0.1, -0.05) is 29.8 Å². The van der Waals surface area contributed by atoms with Gasteiger partial charge in [0.05, 0.1) is 15.3 Å². The summed E-state index contributed by atoms with van der Waals surface area (Å²) in [6, 6.07) is 12.0. The number of nitro benzene ring substituents is 1. The van der Waals surface area contributed by atoms with E-state index in [9.17, 15) is 10.1 Å². The molecule has 0 atom stereocenters. The maximum absolute atomic E-state index is 11.0. The highest BCUT2D eigenvalue weighted by molar-refractivity contribution is 7.19. The van der Waals surface area contributed by atoms with Crippen LogP contribution in [0.3, 0.4) is 0 Å². The van der Waals surface area contributed by atoms with Gasteiger partial charge in [-0.3, -0.25) is 15.1 Å². The second-order valence-corrected chi connectivity index (χ2v) is 7.62. The number of non-ortho nitro benzene ring substituents is 1. The van der Waals surface area contributed by atoms with E-state index in [1.54, 1.807) is 12.3 Å². The molecule has 1 aromatic carbocycles. The van der Waals surface area contributed by atoms with Crippen molar-refractivity contribution in [3.8, 4) is 11.5 Å². The molecule has 28 heavy (non-hydrogen) atoms. The Hall–Kier alpha value is -3.10. The number of anilines is 1. The maximum atomic E-state index is 11.0. The Morgan fingerprint density at radius 2 is 2.07 bits per heavy atom. The van der Waals surface area contributed by atoms with Gasteiger partial charge in [0.2, 0.25) is 0 Å². The van der Waals surface area contributed by atoms with E-state index < -0.39 is 4.92 Å². The highest BCUT2D eigenvalue weighted by atomic mass is 35.5. The molecular formula is C19H14ClN5O2S. The Balaban J connectivity index is 1.74. The molecule has 0 fully saturated rings. The number of nitrogens with one attached hydrogen (secondary N) is 1. The summed E-state index contributed by atoms with van der Waals surface area (Å²) in [6.07, 6.45) is 1.69. The Bertz CT molecular complexity index is 1180. The largest absolute Gasteiger partial charge is 0.365 e. The van der Waals surface area contributed by atoms with Crippen LogP contribution in [0.2, 0.25) is 5.02 Å². The van der Waals surface area contributed by atoms with Crippen LogP contribution in [-0.4, -0.2) is 19.9 Å². The zero-order valence-corrected chi connectivity index (χ0v) is 16.3. The smallest absolute Gasteiger partial charge is 0.269 e. The van der Waals surface area contributed by atoms with Crippen LogP contribution >= 0.6 is 22.9 Å². The first-order chi connectivity index (χ1) is 13.5. The first-order valence-corrected chi connectivity index (χ1v) is 9.57. The lowest BCUT2D eigenvalue weighted by Crippen LogP contribution is -2.04. The fourth-order valence-corrected chi connectivity index (χ4v) is 4.05.